The summed E-state index contributed by atoms with van der Waals surface area (Å²) in [4.78, 5) is 0. The molecule has 0 spiro atoms. The van der Waals surface area contributed by atoms with Gasteiger partial charge in [0.05, 0.1) is 6.61 Å². The molecule has 21 heavy (non-hydrogen) atoms. The molecular formula is C13H18N2O5S. The molecule has 1 aliphatic heterocycles. The number of hydrazone groups is 1. The Hall–Kier alpha value is -1.16. The first-order chi connectivity index (χ1) is 10.0. The van der Waals surface area contributed by atoms with Crippen LogP contribution < -0.4 is 5.43 Å². The van der Waals surface area contributed by atoms with Gasteiger partial charge in [0.1, 0.15) is 34.8 Å². The van der Waals surface area contributed by atoms with Crippen LogP contribution in [0.5, 0.6) is 0 Å². The molecule has 6 N–H and O–H groups in total. The fourth-order valence-corrected chi connectivity index (χ4v) is 2.90. The van der Waals surface area contributed by atoms with E-state index in [9.17, 15) is 20.4 Å². The lowest BCUT2D eigenvalue weighted by Gasteiger charge is -2.28. The van der Waals surface area contributed by atoms with Crippen molar-refractivity contribution >= 4 is 16.8 Å². The van der Waals surface area contributed by atoms with Crippen LogP contribution in [0, 0.1) is 0 Å². The quantitative estimate of drug-likeness (QED) is 0.375. The van der Waals surface area contributed by atoms with Crippen molar-refractivity contribution in [2.75, 3.05) is 6.61 Å². The predicted octanol–water partition coefficient (Wildman–Crippen LogP) is -1.55. The third-order valence-electron chi connectivity index (χ3n) is 3.14. The van der Waals surface area contributed by atoms with Crippen molar-refractivity contribution in [2.45, 2.75) is 29.8 Å². The van der Waals surface area contributed by atoms with Crippen LogP contribution in [0.25, 0.3) is 0 Å². The second-order valence-electron chi connectivity index (χ2n) is 4.67. The zero-order valence-corrected chi connectivity index (χ0v) is 11.9. The van der Waals surface area contributed by atoms with Crippen LogP contribution in [0.4, 0.5) is 0 Å². The minimum atomic E-state index is -1.65. The van der Waals surface area contributed by atoms with Gasteiger partial charge in [0.15, 0.2) is 0 Å². The number of hydrogen-bond donors (Lipinski definition) is 6. The third-order valence-corrected chi connectivity index (χ3v) is 4.33. The summed E-state index contributed by atoms with van der Waals surface area (Å²) in [5.41, 5.74) is 3.55. The second kappa shape index (κ2) is 7.21. The molecule has 0 radical (unpaired) electrons. The number of nitrogens with zero attached hydrogens (tertiary/aromatic N) is 1. The van der Waals surface area contributed by atoms with Gasteiger partial charge in [0.25, 0.3) is 0 Å². The first-order valence-electron chi connectivity index (χ1n) is 6.43. The molecule has 0 saturated carbocycles. The fraction of sp³-hybridized carbons (Fsp3) is 0.462. The number of benzene rings is 1. The molecule has 0 aromatic heterocycles. The highest BCUT2D eigenvalue weighted by molar-refractivity contribution is 8.15. The van der Waals surface area contributed by atoms with Crippen LogP contribution in [-0.2, 0) is 0 Å². The molecule has 1 aromatic carbocycles. The number of rotatable bonds is 6. The van der Waals surface area contributed by atoms with E-state index >= 15 is 0 Å². The minimum Gasteiger partial charge on any atom is -0.394 e. The Kier molecular flexibility index (Phi) is 5.57. The first kappa shape index (κ1) is 16.2. The number of nitrogens with one attached hydrogen (secondary N) is 1. The van der Waals surface area contributed by atoms with E-state index in [0.717, 1.165) is 5.56 Å². The molecule has 116 valence electrons. The van der Waals surface area contributed by atoms with Gasteiger partial charge in [-0.3, -0.25) is 5.43 Å². The van der Waals surface area contributed by atoms with E-state index in [0.29, 0.717) is 5.04 Å². The normalized spacial score (nSPS) is 23.9. The van der Waals surface area contributed by atoms with Crippen molar-refractivity contribution < 1.29 is 25.5 Å². The smallest absolute Gasteiger partial charge is 0.125 e. The van der Waals surface area contributed by atoms with E-state index in [1.807, 2.05) is 30.3 Å². The van der Waals surface area contributed by atoms with Gasteiger partial charge in [-0.15, -0.1) is 0 Å². The van der Waals surface area contributed by atoms with Crippen molar-refractivity contribution in [3.8, 4) is 0 Å². The molecular weight excluding hydrogens is 296 g/mol. The minimum absolute atomic E-state index is 0.657. The number of aliphatic hydroxyl groups excluding tert-OH is 5. The van der Waals surface area contributed by atoms with E-state index in [1.54, 1.807) is 0 Å². The van der Waals surface area contributed by atoms with Crippen LogP contribution in [0.1, 0.15) is 5.56 Å². The maximum Gasteiger partial charge on any atom is 0.125 e. The van der Waals surface area contributed by atoms with Gasteiger partial charge >= 0.3 is 0 Å². The highest BCUT2D eigenvalue weighted by Gasteiger charge is 2.37. The van der Waals surface area contributed by atoms with Gasteiger partial charge < -0.3 is 25.5 Å². The highest BCUT2D eigenvalue weighted by atomic mass is 32.2. The summed E-state index contributed by atoms with van der Waals surface area (Å²) in [5, 5.41) is 51.6. The zero-order chi connectivity index (χ0) is 15.4. The van der Waals surface area contributed by atoms with Crippen molar-refractivity contribution in [3.63, 3.8) is 0 Å². The van der Waals surface area contributed by atoms with E-state index in [1.165, 1.54) is 11.8 Å². The summed E-state index contributed by atoms with van der Waals surface area (Å²) in [6.45, 7) is -0.706. The summed E-state index contributed by atoms with van der Waals surface area (Å²) in [6, 6.07) is 9.32. The second-order valence-corrected chi connectivity index (χ2v) is 5.80. The van der Waals surface area contributed by atoms with E-state index < -0.39 is 36.4 Å². The van der Waals surface area contributed by atoms with E-state index in [4.69, 9.17) is 5.11 Å². The van der Waals surface area contributed by atoms with Crippen molar-refractivity contribution in [1.82, 2.24) is 5.43 Å². The molecule has 8 heteroatoms. The third kappa shape index (κ3) is 3.73. The van der Waals surface area contributed by atoms with Gasteiger partial charge in [-0.1, -0.05) is 42.1 Å². The van der Waals surface area contributed by atoms with Gasteiger partial charge in [-0.05, 0) is 0 Å². The van der Waals surface area contributed by atoms with Gasteiger partial charge in [0.2, 0.25) is 0 Å². The largest absolute Gasteiger partial charge is 0.394 e. The predicted molar refractivity (Wildman–Crippen MR) is 78.6 cm³/mol. The lowest BCUT2D eigenvalue weighted by atomic mass is 10.0. The molecule has 7 nitrogen and oxygen atoms in total. The van der Waals surface area contributed by atoms with Crippen LogP contribution in [-0.4, -0.2) is 67.0 Å². The average Bonchev–Trinajstić information content (AvgIpc) is 3.02. The summed E-state index contributed by atoms with van der Waals surface area (Å²) in [7, 11) is 0. The molecule has 0 saturated heterocycles. The van der Waals surface area contributed by atoms with Crippen LogP contribution in [0.2, 0.25) is 0 Å². The number of thioether (sulfide) groups is 1. The molecule has 0 aliphatic carbocycles. The Morgan fingerprint density at radius 2 is 1.76 bits per heavy atom. The number of aliphatic hydroxyl groups is 5. The van der Waals surface area contributed by atoms with Crippen molar-refractivity contribution in [2.24, 2.45) is 5.10 Å². The average molecular weight is 314 g/mol. The molecule has 1 aliphatic rings. The summed E-state index contributed by atoms with van der Waals surface area (Å²) >= 11 is 1.21. The van der Waals surface area contributed by atoms with Crippen LogP contribution in [0.3, 0.4) is 0 Å². The summed E-state index contributed by atoms with van der Waals surface area (Å²) in [6.07, 6.45) is -6.14. The lowest BCUT2D eigenvalue weighted by molar-refractivity contribution is -0.116. The molecule has 0 fully saturated rings. The topological polar surface area (TPSA) is 126 Å². The molecule has 0 unspecified atom stereocenters. The van der Waals surface area contributed by atoms with Crippen LogP contribution in [0.15, 0.2) is 35.4 Å². The Balaban J connectivity index is 1.96. The highest BCUT2D eigenvalue weighted by Crippen LogP contribution is 2.26. The lowest BCUT2D eigenvalue weighted by Crippen LogP contribution is -2.51. The molecule has 2 rings (SSSR count). The van der Waals surface area contributed by atoms with Crippen LogP contribution >= 0.6 is 11.8 Å². The zero-order valence-electron chi connectivity index (χ0n) is 11.1. The Labute approximate surface area is 125 Å². The molecule has 0 bridgehead atoms. The van der Waals surface area contributed by atoms with Crippen molar-refractivity contribution in [1.29, 1.82) is 0 Å². The standard InChI is InChI=1S/C13H18N2O5S/c16-6-8(17)9(18)10(19)11(20)13-15-14-12(21-13)7-4-2-1-3-5-7/h1-5,8-11,13,15-20H,6H2/t8-,9-,10-,11+,13-/m1/s1. The summed E-state index contributed by atoms with van der Waals surface area (Å²) in [5.74, 6) is 0. The molecule has 1 heterocycles. The van der Waals surface area contributed by atoms with E-state index in [2.05, 4.69) is 10.5 Å². The first-order valence-corrected chi connectivity index (χ1v) is 7.31. The summed E-state index contributed by atoms with van der Waals surface area (Å²) < 4.78 is 0. The van der Waals surface area contributed by atoms with Crippen molar-refractivity contribution in [3.05, 3.63) is 35.9 Å². The molecule has 0 amide bonds. The Morgan fingerprint density at radius 3 is 2.38 bits per heavy atom. The van der Waals surface area contributed by atoms with Gasteiger partial charge in [-0.25, -0.2) is 0 Å². The Bertz CT molecular complexity index is 487. The SMILES string of the molecule is OC[C@@H](O)[C@@H](O)[C@@H](O)[C@H](O)[C@@H]1NN=C(c2ccccc2)S1. The maximum absolute atomic E-state index is 10.0. The monoisotopic (exact) mass is 314 g/mol. The Morgan fingerprint density at radius 1 is 1.10 bits per heavy atom. The molecule has 1 aromatic rings. The number of hydrogen-bond acceptors (Lipinski definition) is 8. The fourth-order valence-electron chi connectivity index (χ4n) is 1.87. The molecule has 5 atom stereocenters. The van der Waals surface area contributed by atoms with Gasteiger partial charge in [-0.2, -0.15) is 5.10 Å². The van der Waals surface area contributed by atoms with Gasteiger partial charge in [0, 0.05) is 5.56 Å². The van der Waals surface area contributed by atoms with E-state index in [-0.39, 0.29) is 0 Å². The maximum atomic E-state index is 10.0.